The van der Waals surface area contributed by atoms with Gasteiger partial charge >= 0.3 is 0 Å². The van der Waals surface area contributed by atoms with Crippen molar-refractivity contribution in [1.29, 1.82) is 0 Å². The zero-order valence-electron chi connectivity index (χ0n) is 18.1. The Hall–Kier alpha value is -2.20. The first kappa shape index (κ1) is 25.8. The lowest BCUT2D eigenvalue weighted by molar-refractivity contribution is 0.172. The summed E-state index contributed by atoms with van der Waals surface area (Å²) in [5.41, 5.74) is 9.19. The molecule has 0 aliphatic heterocycles. The molecular formula is C22H32IN3O4. The summed E-state index contributed by atoms with van der Waals surface area (Å²) in [6.07, 6.45) is 0.840. The second-order valence-electron chi connectivity index (χ2n) is 6.55. The van der Waals surface area contributed by atoms with Crippen molar-refractivity contribution in [2.75, 3.05) is 34.5 Å². The number of hydrogen-bond donors (Lipinski definition) is 2. The van der Waals surface area contributed by atoms with Gasteiger partial charge in [-0.3, -0.25) is 0 Å². The first-order valence-electron chi connectivity index (χ1n) is 9.53. The molecule has 0 heterocycles. The predicted octanol–water partition coefficient (Wildman–Crippen LogP) is 3.65. The Morgan fingerprint density at radius 3 is 2.43 bits per heavy atom. The molecule has 0 bridgehead atoms. The van der Waals surface area contributed by atoms with Gasteiger partial charge in [0, 0.05) is 32.2 Å². The molecule has 0 amide bonds. The minimum Gasteiger partial charge on any atom is -0.493 e. The molecule has 166 valence electrons. The fourth-order valence-electron chi connectivity index (χ4n) is 2.72. The Morgan fingerprint density at radius 2 is 1.73 bits per heavy atom. The average molecular weight is 529 g/mol. The molecule has 3 N–H and O–H groups in total. The zero-order chi connectivity index (χ0) is 21.1. The standard InChI is InChI=1S/C22H31N3O4.HI/c1-16-6-8-18(20(12-16)29-11-5-10-26-2)15-25-22(23)24-14-17-7-9-19(27-3)21(13-17)28-4;/h6-9,12-13H,5,10-11,14-15H2,1-4H3,(H3,23,24,25);1H. The average Bonchev–Trinajstić information content (AvgIpc) is 2.74. The van der Waals surface area contributed by atoms with E-state index < -0.39 is 0 Å². The van der Waals surface area contributed by atoms with E-state index in [1.165, 1.54) is 0 Å². The van der Waals surface area contributed by atoms with Crippen LogP contribution in [0.15, 0.2) is 41.4 Å². The highest BCUT2D eigenvalue weighted by Crippen LogP contribution is 2.27. The lowest BCUT2D eigenvalue weighted by Crippen LogP contribution is -2.31. The maximum Gasteiger partial charge on any atom is 0.189 e. The normalized spacial score (nSPS) is 10.9. The molecule has 0 aromatic heterocycles. The number of nitrogens with zero attached hydrogens (tertiary/aromatic N) is 1. The molecule has 2 aromatic carbocycles. The van der Waals surface area contributed by atoms with Gasteiger partial charge in [-0.15, -0.1) is 24.0 Å². The van der Waals surface area contributed by atoms with Gasteiger partial charge in [0.1, 0.15) is 5.75 Å². The number of nitrogens with one attached hydrogen (secondary N) is 1. The van der Waals surface area contributed by atoms with Crippen LogP contribution in [0.1, 0.15) is 23.1 Å². The summed E-state index contributed by atoms with van der Waals surface area (Å²) in [7, 11) is 4.90. The molecule has 2 aromatic rings. The molecule has 0 unspecified atom stereocenters. The lowest BCUT2D eigenvalue weighted by Gasteiger charge is -2.13. The van der Waals surface area contributed by atoms with Gasteiger partial charge in [-0.25, -0.2) is 4.99 Å². The third-order valence-electron chi connectivity index (χ3n) is 4.31. The van der Waals surface area contributed by atoms with Crippen LogP contribution in [0.4, 0.5) is 0 Å². The summed E-state index contributed by atoms with van der Waals surface area (Å²) in [4.78, 5) is 4.40. The fourth-order valence-corrected chi connectivity index (χ4v) is 2.72. The molecule has 0 saturated heterocycles. The number of aryl methyl sites for hydroxylation is 1. The van der Waals surface area contributed by atoms with Gasteiger partial charge in [0.05, 0.1) is 27.4 Å². The van der Waals surface area contributed by atoms with Crippen LogP contribution in [0.2, 0.25) is 0 Å². The molecule has 0 aliphatic carbocycles. The third-order valence-corrected chi connectivity index (χ3v) is 4.31. The Bertz CT molecular complexity index is 815. The molecule has 0 atom stereocenters. The maximum atomic E-state index is 6.04. The van der Waals surface area contributed by atoms with Crippen molar-refractivity contribution >= 4 is 29.9 Å². The van der Waals surface area contributed by atoms with E-state index in [0.717, 1.165) is 28.9 Å². The van der Waals surface area contributed by atoms with E-state index in [2.05, 4.69) is 16.4 Å². The largest absolute Gasteiger partial charge is 0.493 e. The van der Waals surface area contributed by atoms with E-state index in [1.54, 1.807) is 21.3 Å². The van der Waals surface area contributed by atoms with Gasteiger partial charge in [-0.05, 0) is 36.2 Å². The Morgan fingerprint density at radius 1 is 0.967 bits per heavy atom. The topological polar surface area (TPSA) is 87.3 Å². The van der Waals surface area contributed by atoms with Gasteiger partial charge in [-0.1, -0.05) is 18.2 Å². The highest BCUT2D eigenvalue weighted by Gasteiger charge is 2.06. The van der Waals surface area contributed by atoms with E-state index in [-0.39, 0.29) is 24.0 Å². The van der Waals surface area contributed by atoms with Crippen LogP contribution in [0.25, 0.3) is 0 Å². The maximum absolute atomic E-state index is 6.04. The Balaban J connectivity index is 0.00000450. The van der Waals surface area contributed by atoms with Gasteiger partial charge in [0.15, 0.2) is 17.5 Å². The molecule has 2 rings (SSSR count). The van der Waals surface area contributed by atoms with Gasteiger partial charge < -0.3 is 30.0 Å². The first-order valence-corrected chi connectivity index (χ1v) is 9.53. The molecule has 0 radical (unpaired) electrons. The molecule has 30 heavy (non-hydrogen) atoms. The highest BCUT2D eigenvalue weighted by atomic mass is 127. The summed E-state index contributed by atoms with van der Waals surface area (Å²) < 4.78 is 21.5. The SMILES string of the molecule is COCCCOc1cc(C)ccc1CNC(N)=NCc1ccc(OC)c(OC)c1.I. The molecule has 0 spiro atoms. The van der Waals surface area contributed by atoms with E-state index in [0.29, 0.717) is 43.8 Å². The summed E-state index contributed by atoms with van der Waals surface area (Å²) in [5.74, 6) is 2.57. The number of benzene rings is 2. The number of hydrogen-bond acceptors (Lipinski definition) is 5. The smallest absolute Gasteiger partial charge is 0.189 e. The van der Waals surface area contributed by atoms with Crippen LogP contribution >= 0.6 is 24.0 Å². The number of ether oxygens (including phenoxy) is 4. The second kappa shape index (κ2) is 13.9. The molecule has 0 fully saturated rings. The van der Waals surface area contributed by atoms with Crippen LogP contribution in [-0.4, -0.2) is 40.5 Å². The van der Waals surface area contributed by atoms with E-state index in [1.807, 2.05) is 37.3 Å². The minimum absolute atomic E-state index is 0. The summed E-state index contributed by atoms with van der Waals surface area (Å²) in [5, 5.41) is 3.15. The predicted molar refractivity (Wildman–Crippen MR) is 130 cm³/mol. The van der Waals surface area contributed by atoms with Crippen molar-refractivity contribution < 1.29 is 18.9 Å². The van der Waals surface area contributed by atoms with Gasteiger partial charge in [0.25, 0.3) is 0 Å². The van der Waals surface area contributed by atoms with Gasteiger partial charge in [-0.2, -0.15) is 0 Å². The van der Waals surface area contributed by atoms with Crippen LogP contribution in [0.3, 0.4) is 0 Å². The third kappa shape index (κ3) is 8.27. The van der Waals surface area contributed by atoms with Crippen LogP contribution in [0, 0.1) is 6.92 Å². The molecule has 0 saturated carbocycles. The first-order chi connectivity index (χ1) is 14.1. The number of halogens is 1. The van der Waals surface area contributed by atoms with Crippen molar-refractivity contribution in [2.24, 2.45) is 10.7 Å². The monoisotopic (exact) mass is 529 g/mol. The number of methoxy groups -OCH3 is 3. The van der Waals surface area contributed by atoms with E-state index in [4.69, 9.17) is 24.7 Å². The van der Waals surface area contributed by atoms with Crippen LogP contribution in [0.5, 0.6) is 17.2 Å². The second-order valence-corrected chi connectivity index (χ2v) is 6.55. The summed E-state index contributed by atoms with van der Waals surface area (Å²) in [6.45, 7) is 4.29. The Labute approximate surface area is 196 Å². The Kier molecular flexibility index (Phi) is 12.0. The van der Waals surface area contributed by atoms with Crippen LogP contribution < -0.4 is 25.3 Å². The van der Waals surface area contributed by atoms with Crippen LogP contribution in [-0.2, 0) is 17.8 Å². The van der Waals surface area contributed by atoms with Crippen molar-refractivity contribution in [3.8, 4) is 17.2 Å². The van der Waals surface area contributed by atoms with Crippen molar-refractivity contribution in [3.05, 3.63) is 53.1 Å². The fraction of sp³-hybridized carbons (Fsp3) is 0.409. The molecular weight excluding hydrogens is 497 g/mol. The quantitative estimate of drug-likeness (QED) is 0.200. The molecule has 0 aliphatic rings. The summed E-state index contributed by atoms with van der Waals surface area (Å²) >= 11 is 0. The summed E-state index contributed by atoms with van der Waals surface area (Å²) in [6, 6.07) is 11.8. The van der Waals surface area contributed by atoms with Crippen molar-refractivity contribution in [3.63, 3.8) is 0 Å². The molecule has 8 heteroatoms. The molecule has 7 nitrogen and oxygen atoms in total. The number of rotatable bonds is 11. The number of nitrogens with two attached hydrogens (primary N) is 1. The minimum atomic E-state index is 0. The highest BCUT2D eigenvalue weighted by molar-refractivity contribution is 14.0. The number of aliphatic imine (C=N–C) groups is 1. The van der Waals surface area contributed by atoms with Crippen molar-refractivity contribution in [1.82, 2.24) is 5.32 Å². The zero-order valence-corrected chi connectivity index (χ0v) is 20.4. The number of guanidine groups is 1. The van der Waals surface area contributed by atoms with Gasteiger partial charge in [0.2, 0.25) is 0 Å². The van der Waals surface area contributed by atoms with E-state index >= 15 is 0 Å². The lowest BCUT2D eigenvalue weighted by atomic mass is 10.1. The van der Waals surface area contributed by atoms with E-state index in [9.17, 15) is 0 Å². The van der Waals surface area contributed by atoms with Crippen molar-refractivity contribution in [2.45, 2.75) is 26.4 Å².